The Balaban J connectivity index is 1.52. The van der Waals surface area contributed by atoms with E-state index >= 15 is 0 Å². The highest BCUT2D eigenvalue weighted by Gasteiger charge is 2.37. The number of hydrogen-bond acceptors (Lipinski definition) is 5. The van der Waals surface area contributed by atoms with Crippen molar-refractivity contribution in [2.75, 3.05) is 29.9 Å². The summed E-state index contributed by atoms with van der Waals surface area (Å²) in [7, 11) is 0. The van der Waals surface area contributed by atoms with Crippen molar-refractivity contribution in [1.29, 1.82) is 0 Å². The molecular weight excluding hydrogens is 399 g/mol. The summed E-state index contributed by atoms with van der Waals surface area (Å²) in [6, 6.07) is 8.29. The van der Waals surface area contributed by atoms with Gasteiger partial charge in [-0.2, -0.15) is 0 Å². The first kappa shape index (κ1) is 19.5. The van der Waals surface area contributed by atoms with Gasteiger partial charge in [-0.05, 0) is 49.9 Å². The number of pyridine rings is 1. The van der Waals surface area contributed by atoms with Crippen LogP contribution in [-0.4, -0.2) is 42.2 Å². The second-order valence-corrected chi connectivity index (χ2v) is 9.96. The second-order valence-electron chi connectivity index (χ2n) is 8.91. The molecule has 1 saturated heterocycles. The molecule has 2 aromatic heterocycles. The third kappa shape index (κ3) is 3.11. The van der Waals surface area contributed by atoms with E-state index in [0.717, 1.165) is 37.4 Å². The zero-order chi connectivity index (χ0) is 21.0. The number of fused-ring (bicyclic) bond motifs is 5. The topological polar surface area (TPSA) is 57.3 Å². The zero-order valence-corrected chi connectivity index (χ0v) is 18.4. The number of carbonyl (C=O) groups excluding carboxylic acids is 1. The molecule has 5 nitrogen and oxygen atoms in total. The van der Waals surface area contributed by atoms with Crippen LogP contribution in [-0.2, 0) is 0 Å². The van der Waals surface area contributed by atoms with Crippen molar-refractivity contribution in [3.05, 3.63) is 29.1 Å². The number of rotatable bonds is 2. The van der Waals surface area contributed by atoms with Gasteiger partial charge in [-0.15, -0.1) is 11.3 Å². The van der Waals surface area contributed by atoms with Gasteiger partial charge in [-0.3, -0.25) is 4.79 Å². The molecule has 0 aliphatic carbocycles. The van der Waals surface area contributed by atoms with Crippen molar-refractivity contribution in [2.45, 2.75) is 45.3 Å². The number of thiophene rings is 1. The molecule has 0 saturated carbocycles. The van der Waals surface area contributed by atoms with Crippen LogP contribution < -0.4 is 15.5 Å². The standard InChI is InChI=1S/C23H27FN4OS/c1-13(2)23(24)8-10-28(11-9-23)18-7-4-15-16(27-18)5-6-17-19(15)20-21(30-17)22(29)26-14(3)12-25-20/h4-7,13-14,25H,8-12H2,1-3H3,(H,26,29)/t14-/m1/s1. The van der Waals surface area contributed by atoms with Crippen molar-refractivity contribution >= 4 is 49.7 Å². The minimum atomic E-state index is -1.07. The molecule has 1 amide bonds. The third-order valence-corrected chi connectivity index (χ3v) is 7.78. The van der Waals surface area contributed by atoms with Gasteiger partial charge in [-0.1, -0.05) is 13.8 Å². The summed E-state index contributed by atoms with van der Waals surface area (Å²) < 4.78 is 16.0. The second kappa shape index (κ2) is 7.08. The van der Waals surface area contributed by atoms with Gasteiger partial charge in [0.1, 0.15) is 16.4 Å². The van der Waals surface area contributed by atoms with Gasteiger partial charge in [0.2, 0.25) is 0 Å². The summed E-state index contributed by atoms with van der Waals surface area (Å²) >= 11 is 1.52. The smallest absolute Gasteiger partial charge is 0.263 e. The Morgan fingerprint density at radius 3 is 2.73 bits per heavy atom. The Bertz CT molecular complexity index is 1130. The molecule has 2 aliphatic rings. The summed E-state index contributed by atoms with van der Waals surface area (Å²) in [6.07, 6.45) is 1.08. The molecule has 0 radical (unpaired) electrons. The SMILES string of the molecule is CC(C)C1(F)CCN(c2ccc3c(ccc4sc5c(c43)NC[C@@H](C)NC5=O)n2)CC1. The first-order valence-electron chi connectivity index (χ1n) is 10.7. The Hall–Kier alpha value is -2.41. The number of amides is 1. The van der Waals surface area contributed by atoms with Crippen LogP contribution in [0.15, 0.2) is 24.3 Å². The molecule has 0 bridgehead atoms. The lowest BCUT2D eigenvalue weighted by Gasteiger charge is -2.39. The third-order valence-electron chi connectivity index (χ3n) is 6.63. The minimum absolute atomic E-state index is 0.0189. The van der Waals surface area contributed by atoms with Crippen LogP contribution in [0.25, 0.3) is 21.0 Å². The average molecular weight is 427 g/mol. The normalized spacial score (nSPS) is 21.4. The highest BCUT2D eigenvalue weighted by Crippen LogP contribution is 2.41. The Morgan fingerprint density at radius 1 is 1.23 bits per heavy atom. The average Bonchev–Trinajstić information content (AvgIpc) is 3.05. The van der Waals surface area contributed by atoms with E-state index in [2.05, 4.69) is 21.6 Å². The number of aromatic nitrogens is 1. The molecule has 30 heavy (non-hydrogen) atoms. The molecule has 3 aromatic rings. The summed E-state index contributed by atoms with van der Waals surface area (Å²) in [5.41, 5.74) is 0.743. The fourth-order valence-corrected chi connectivity index (χ4v) is 5.67. The summed E-state index contributed by atoms with van der Waals surface area (Å²) in [5, 5.41) is 8.61. The summed E-state index contributed by atoms with van der Waals surface area (Å²) in [6.45, 7) is 7.99. The number of alkyl halides is 1. The van der Waals surface area contributed by atoms with E-state index in [1.165, 1.54) is 11.3 Å². The van der Waals surface area contributed by atoms with Gasteiger partial charge >= 0.3 is 0 Å². The fraction of sp³-hybridized carbons (Fsp3) is 0.478. The number of halogens is 1. The number of nitrogens with one attached hydrogen (secondary N) is 2. The largest absolute Gasteiger partial charge is 0.381 e. The maximum Gasteiger partial charge on any atom is 0.263 e. The van der Waals surface area contributed by atoms with E-state index in [-0.39, 0.29) is 17.9 Å². The first-order chi connectivity index (χ1) is 14.4. The number of benzene rings is 1. The maximum absolute atomic E-state index is 14.9. The van der Waals surface area contributed by atoms with Gasteiger partial charge in [0.25, 0.3) is 5.91 Å². The van der Waals surface area contributed by atoms with Crippen molar-refractivity contribution in [2.24, 2.45) is 5.92 Å². The zero-order valence-electron chi connectivity index (χ0n) is 17.6. The lowest BCUT2D eigenvalue weighted by molar-refractivity contribution is 0.0697. The Labute approximate surface area is 179 Å². The maximum atomic E-state index is 14.9. The van der Waals surface area contributed by atoms with Crippen LogP contribution in [0, 0.1) is 5.92 Å². The van der Waals surface area contributed by atoms with E-state index in [1.807, 2.05) is 39.0 Å². The van der Waals surface area contributed by atoms with Gasteiger partial charge in [0, 0.05) is 41.1 Å². The van der Waals surface area contributed by atoms with Crippen molar-refractivity contribution in [1.82, 2.24) is 10.3 Å². The molecule has 2 aliphatic heterocycles. The summed E-state index contributed by atoms with van der Waals surface area (Å²) in [4.78, 5) is 20.4. The van der Waals surface area contributed by atoms with Crippen molar-refractivity contribution in [3.8, 4) is 0 Å². The van der Waals surface area contributed by atoms with Crippen LogP contribution in [0.2, 0.25) is 0 Å². The molecule has 1 atom stereocenters. The number of carbonyl (C=O) groups is 1. The molecule has 1 fully saturated rings. The predicted molar refractivity (Wildman–Crippen MR) is 123 cm³/mol. The van der Waals surface area contributed by atoms with Gasteiger partial charge < -0.3 is 15.5 Å². The van der Waals surface area contributed by atoms with E-state index in [0.29, 0.717) is 32.5 Å². The van der Waals surface area contributed by atoms with E-state index in [4.69, 9.17) is 4.98 Å². The number of piperidine rings is 1. The fourth-order valence-electron chi connectivity index (χ4n) is 4.58. The molecule has 158 valence electrons. The quantitative estimate of drug-likeness (QED) is 0.608. The minimum Gasteiger partial charge on any atom is -0.381 e. The van der Waals surface area contributed by atoms with Crippen LogP contribution in [0.5, 0.6) is 0 Å². The van der Waals surface area contributed by atoms with E-state index in [9.17, 15) is 9.18 Å². The highest BCUT2D eigenvalue weighted by molar-refractivity contribution is 7.21. The first-order valence-corrected chi connectivity index (χ1v) is 11.5. The van der Waals surface area contributed by atoms with Crippen molar-refractivity contribution in [3.63, 3.8) is 0 Å². The Morgan fingerprint density at radius 2 is 2.00 bits per heavy atom. The Kier molecular flexibility index (Phi) is 4.61. The van der Waals surface area contributed by atoms with Crippen molar-refractivity contribution < 1.29 is 9.18 Å². The van der Waals surface area contributed by atoms with Crippen LogP contribution in [0.1, 0.15) is 43.3 Å². The summed E-state index contributed by atoms with van der Waals surface area (Å²) in [5.74, 6) is 0.918. The van der Waals surface area contributed by atoms with Crippen LogP contribution >= 0.6 is 11.3 Å². The van der Waals surface area contributed by atoms with Crippen LogP contribution in [0.4, 0.5) is 15.9 Å². The van der Waals surface area contributed by atoms with Gasteiger partial charge in [0.15, 0.2) is 0 Å². The van der Waals surface area contributed by atoms with Crippen LogP contribution in [0.3, 0.4) is 0 Å². The molecular formula is C23H27FN4OS. The van der Waals surface area contributed by atoms with Gasteiger partial charge in [-0.25, -0.2) is 9.37 Å². The lowest BCUT2D eigenvalue weighted by atomic mass is 9.83. The monoisotopic (exact) mass is 426 g/mol. The lowest BCUT2D eigenvalue weighted by Crippen LogP contribution is -2.44. The molecule has 7 heteroatoms. The highest BCUT2D eigenvalue weighted by atomic mass is 32.1. The molecule has 2 N–H and O–H groups in total. The van der Waals surface area contributed by atoms with E-state index < -0.39 is 5.67 Å². The molecule has 1 aromatic carbocycles. The molecule has 0 unspecified atom stereocenters. The number of anilines is 2. The number of nitrogens with zero attached hydrogens (tertiary/aromatic N) is 2. The predicted octanol–water partition coefficient (Wildman–Crippen LogP) is 4.96. The molecule has 4 heterocycles. The van der Waals surface area contributed by atoms with E-state index in [1.54, 1.807) is 0 Å². The van der Waals surface area contributed by atoms with Gasteiger partial charge in [0.05, 0.1) is 11.2 Å². The number of hydrogen-bond donors (Lipinski definition) is 2. The molecule has 0 spiro atoms. The molecule has 5 rings (SSSR count).